The summed E-state index contributed by atoms with van der Waals surface area (Å²) in [6.07, 6.45) is 0.601. The molecule has 0 radical (unpaired) electrons. The van der Waals surface area contributed by atoms with Crippen LogP contribution in [0.15, 0.2) is 34.7 Å². The largest absolute Gasteiger partial charge is 0.423 e. The Morgan fingerprint density at radius 3 is 2.53 bits per heavy atom. The first-order valence-electron chi connectivity index (χ1n) is 5.31. The number of nitriles is 1. The zero-order valence-electron chi connectivity index (χ0n) is 9.84. The molecule has 2 aromatic rings. The molecule has 0 amide bonds. The Labute approximate surface area is 100 Å². The van der Waals surface area contributed by atoms with E-state index in [1.165, 1.54) is 0 Å². The van der Waals surface area contributed by atoms with E-state index in [-0.39, 0.29) is 0 Å². The summed E-state index contributed by atoms with van der Waals surface area (Å²) in [5.74, 6) is 1.08. The minimum Gasteiger partial charge on any atom is -0.423 e. The monoisotopic (exact) mass is 227 g/mol. The number of aromatic nitrogens is 1. The average Bonchev–Trinajstić information content (AvgIpc) is 2.73. The molecule has 2 rings (SSSR count). The van der Waals surface area contributed by atoms with Crippen LogP contribution in [0.3, 0.4) is 0 Å². The summed E-state index contributed by atoms with van der Waals surface area (Å²) in [6, 6.07) is 11.9. The minimum absolute atomic E-state index is 0.334. The summed E-state index contributed by atoms with van der Waals surface area (Å²) in [4.78, 5) is 5.93. The van der Waals surface area contributed by atoms with Gasteiger partial charge in [0, 0.05) is 20.5 Å². The van der Waals surface area contributed by atoms with Crippen molar-refractivity contribution in [1.29, 1.82) is 5.26 Å². The van der Waals surface area contributed by atoms with E-state index in [0.29, 0.717) is 23.9 Å². The van der Waals surface area contributed by atoms with Gasteiger partial charge in [0.15, 0.2) is 0 Å². The van der Waals surface area contributed by atoms with Crippen molar-refractivity contribution in [2.45, 2.75) is 6.42 Å². The quantitative estimate of drug-likeness (QED) is 0.806. The maximum Gasteiger partial charge on any atom is 0.234 e. The van der Waals surface area contributed by atoms with Crippen LogP contribution in [0.4, 0.5) is 5.88 Å². The third-order valence-corrected chi connectivity index (χ3v) is 2.36. The second-order valence-corrected chi connectivity index (χ2v) is 3.93. The summed E-state index contributed by atoms with van der Waals surface area (Å²) in [6.45, 7) is 0. The summed E-state index contributed by atoms with van der Waals surface area (Å²) in [7, 11) is 3.65. The van der Waals surface area contributed by atoms with Crippen LogP contribution < -0.4 is 4.90 Å². The molecule has 1 aromatic heterocycles. The van der Waals surface area contributed by atoms with Crippen LogP contribution in [-0.4, -0.2) is 19.1 Å². The molecule has 1 heterocycles. The topological polar surface area (TPSA) is 53.1 Å². The average molecular weight is 227 g/mol. The molecular formula is C13H13N3O. The number of anilines is 1. The van der Waals surface area contributed by atoms with Crippen LogP contribution in [-0.2, 0) is 6.42 Å². The number of oxazole rings is 1. The number of nitrogens with zero attached hydrogens (tertiary/aromatic N) is 3. The fourth-order valence-corrected chi connectivity index (χ4v) is 1.58. The van der Waals surface area contributed by atoms with Gasteiger partial charge in [0.2, 0.25) is 17.5 Å². The number of hydrogen-bond donors (Lipinski definition) is 0. The second-order valence-electron chi connectivity index (χ2n) is 3.93. The molecule has 0 fully saturated rings. The fourth-order valence-electron chi connectivity index (χ4n) is 1.58. The maximum atomic E-state index is 8.95. The lowest BCUT2D eigenvalue weighted by Gasteiger charge is -2.06. The molecule has 4 nitrogen and oxygen atoms in total. The third-order valence-electron chi connectivity index (χ3n) is 2.36. The Hall–Kier alpha value is -2.28. The van der Waals surface area contributed by atoms with Crippen LogP contribution in [0.5, 0.6) is 0 Å². The highest BCUT2D eigenvalue weighted by molar-refractivity contribution is 5.46. The van der Waals surface area contributed by atoms with Gasteiger partial charge in [-0.05, 0) is 5.56 Å². The lowest BCUT2D eigenvalue weighted by atomic mass is 10.1. The Kier molecular flexibility index (Phi) is 3.10. The zero-order valence-corrected chi connectivity index (χ0v) is 9.84. The molecule has 0 atom stereocenters. The van der Waals surface area contributed by atoms with Gasteiger partial charge < -0.3 is 9.32 Å². The van der Waals surface area contributed by atoms with Crippen molar-refractivity contribution >= 4 is 5.88 Å². The first-order chi connectivity index (χ1) is 8.20. The van der Waals surface area contributed by atoms with Gasteiger partial charge in [-0.3, -0.25) is 0 Å². The molecule has 0 unspecified atom stereocenters. The van der Waals surface area contributed by atoms with Gasteiger partial charge >= 0.3 is 0 Å². The van der Waals surface area contributed by atoms with Crippen molar-refractivity contribution in [1.82, 2.24) is 4.98 Å². The molecular weight excluding hydrogens is 214 g/mol. The van der Waals surface area contributed by atoms with Crippen molar-refractivity contribution < 1.29 is 4.42 Å². The van der Waals surface area contributed by atoms with Crippen molar-refractivity contribution in [3.05, 3.63) is 47.5 Å². The molecule has 0 saturated carbocycles. The van der Waals surface area contributed by atoms with Crippen molar-refractivity contribution in [3.63, 3.8) is 0 Å². The molecule has 0 spiro atoms. The van der Waals surface area contributed by atoms with Gasteiger partial charge in [0.05, 0.1) is 0 Å². The Morgan fingerprint density at radius 2 is 2.00 bits per heavy atom. The van der Waals surface area contributed by atoms with E-state index in [2.05, 4.69) is 4.98 Å². The standard InChI is InChI=1S/C13H13N3O/c1-16(2)13-11(9-14)15-12(17-13)8-10-6-4-3-5-7-10/h3-7H,8H2,1-2H3. The molecule has 0 bridgehead atoms. The number of benzene rings is 1. The molecule has 4 heteroatoms. The predicted octanol–water partition coefficient (Wildman–Crippen LogP) is 2.20. The normalized spacial score (nSPS) is 9.94. The molecule has 0 aliphatic carbocycles. The van der Waals surface area contributed by atoms with Crippen molar-refractivity contribution in [2.75, 3.05) is 19.0 Å². The van der Waals surface area contributed by atoms with E-state index in [0.717, 1.165) is 5.56 Å². The molecule has 0 aliphatic rings. The maximum absolute atomic E-state index is 8.95. The van der Waals surface area contributed by atoms with Gasteiger partial charge in [-0.1, -0.05) is 30.3 Å². The van der Waals surface area contributed by atoms with E-state index in [4.69, 9.17) is 9.68 Å². The summed E-state index contributed by atoms with van der Waals surface area (Å²) in [5.41, 5.74) is 1.45. The molecule has 1 aromatic carbocycles. The van der Waals surface area contributed by atoms with Gasteiger partial charge in [0.1, 0.15) is 6.07 Å². The number of hydrogen-bond acceptors (Lipinski definition) is 4. The highest BCUT2D eigenvalue weighted by Crippen LogP contribution is 2.20. The summed E-state index contributed by atoms with van der Waals surface area (Å²) >= 11 is 0. The fraction of sp³-hybridized carbons (Fsp3) is 0.231. The highest BCUT2D eigenvalue weighted by atomic mass is 16.4. The van der Waals surface area contributed by atoms with Gasteiger partial charge in [-0.15, -0.1) is 0 Å². The van der Waals surface area contributed by atoms with Gasteiger partial charge in [0.25, 0.3) is 0 Å². The van der Waals surface area contributed by atoms with Crippen LogP contribution >= 0.6 is 0 Å². The highest BCUT2D eigenvalue weighted by Gasteiger charge is 2.14. The van der Waals surface area contributed by atoms with Crippen LogP contribution in [0.1, 0.15) is 17.1 Å². The first kappa shape index (κ1) is 11.2. The van der Waals surface area contributed by atoms with E-state index < -0.39 is 0 Å². The SMILES string of the molecule is CN(C)c1oc(Cc2ccccc2)nc1C#N. The lowest BCUT2D eigenvalue weighted by molar-refractivity contribution is 0.507. The minimum atomic E-state index is 0.334. The second kappa shape index (κ2) is 4.71. The first-order valence-corrected chi connectivity index (χ1v) is 5.31. The summed E-state index contributed by atoms with van der Waals surface area (Å²) < 4.78 is 5.56. The Balaban J connectivity index is 2.27. The summed E-state index contributed by atoms with van der Waals surface area (Å²) in [5, 5.41) is 8.95. The van der Waals surface area contributed by atoms with Crippen LogP contribution in [0, 0.1) is 11.3 Å². The molecule has 86 valence electrons. The number of rotatable bonds is 3. The Morgan fingerprint density at radius 1 is 1.29 bits per heavy atom. The van der Waals surface area contributed by atoms with Crippen LogP contribution in [0.2, 0.25) is 0 Å². The van der Waals surface area contributed by atoms with E-state index in [1.54, 1.807) is 4.90 Å². The van der Waals surface area contributed by atoms with Crippen molar-refractivity contribution in [3.8, 4) is 6.07 Å². The Bertz CT molecular complexity index is 538. The lowest BCUT2D eigenvalue weighted by Crippen LogP contribution is -2.08. The van der Waals surface area contributed by atoms with Gasteiger partial charge in [-0.25, -0.2) is 4.98 Å². The zero-order chi connectivity index (χ0) is 12.3. The van der Waals surface area contributed by atoms with Crippen molar-refractivity contribution in [2.24, 2.45) is 0 Å². The van der Waals surface area contributed by atoms with E-state index in [9.17, 15) is 0 Å². The molecule has 17 heavy (non-hydrogen) atoms. The van der Waals surface area contributed by atoms with E-state index >= 15 is 0 Å². The molecule has 0 N–H and O–H groups in total. The third kappa shape index (κ3) is 2.45. The molecule has 0 saturated heterocycles. The van der Waals surface area contributed by atoms with E-state index in [1.807, 2.05) is 50.5 Å². The smallest absolute Gasteiger partial charge is 0.234 e. The molecule has 0 aliphatic heterocycles. The van der Waals surface area contributed by atoms with Gasteiger partial charge in [-0.2, -0.15) is 5.26 Å². The van der Waals surface area contributed by atoms with Crippen LogP contribution in [0.25, 0.3) is 0 Å². The predicted molar refractivity (Wildman–Crippen MR) is 64.8 cm³/mol.